The highest BCUT2D eigenvalue weighted by molar-refractivity contribution is 8.00. The van der Waals surface area contributed by atoms with Crippen LogP contribution < -0.4 is 11.2 Å². The van der Waals surface area contributed by atoms with E-state index in [1.165, 1.54) is 22.4 Å². The normalized spacial score (nSPS) is 12.6. The molecule has 0 radical (unpaired) electrons. The Bertz CT molecular complexity index is 1010. The van der Waals surface area contributed by atoms with Gasteiger partial charge in [0.1, 0.15) is 5.82 Å². The molecule has 0 aliphatic heterocycles. The standard InChI is InChI=1S/C21H24FN5OS/c1-13(19(28)24-17-8-6-5-7-16(17)22)29-20-26-25-18(27(20)23)14-9-11-15(12-10-14)21(2,3)4/h5-13H,23H2,1-4H3,(H,24,28)/t13-/m0/s1. The van der Waals surface area contributed by atoms with Crippen molar-refractivity contribution >= 4 is 23.4 Å². The zero-order valence-corrected chi connectivity index (χ0v) is 17.6. The third-order valence-electron chi connectivity index (χ3n) is 4.46. The van der Waals surface area contributed by atoms with E-state index in [-0.39, 0.29) is 17.0 Å². The molecule has 0 aliphatic rings. The van der Waals surface area contributed by atoms with E-state index in [9.17, 15) is 9.18 Å². The van der Waals surface area contributed by atoms with E-state index < -0.39 is 11.1 Å². The number of hydrogen-bond donors (Lipinski definition) is 2. The number of carbonyl (C=O) groups excluding carboxylic acids is 1. The second-order valence-corrected chi connectivity index (χ2v) is 9.04. The van der Waals surface area contributed by atoms with E-state index in [2.05, 4.69) is 36.3 Å². The number of hydrogen-bond acceptors (Lipinski definition) is 5. The molecule has 152 valence electrons. The first-order valence-corrected chi connectivity index (χ1v) is 10.1. The number of nitrogen functional groups attached to an aromatic ring is 1. The first-order valence-electron chi connectivity index (χ1n) is 9.20. The van der Waals surface area contributed by atoms with Gasteiger partial charge in [-0.15, -0.1) is 10.2 Å². The van der Waals surface area contributed by atoms with Crippen LogP contribution in [0.4, 0.5) is 10.1 Å². The lowest BCUT2D eigenvalue weighted by molar-refractivity contribution is -0.115. The second-order valence-electron chi connectivity index (χ2n) is 7.73. The Labute approximate surface area is 173 Å². The number of thioether (sulfide) groups is 1. The minimum atomic E-state index is -0.544. The fourth-order valence-electron chi connectivity index (χ4n) is 2.68. The highest BCUT2D eigenvalue weighted by atomic mass is 32.2. The van der Waals surface area contributed by atoms with Gasteiger partial charge in [-0.05, 0) is 30.0 Å². The lowest BCUT2D eigenvalue weighted by atomic mass is 9.87. The molecule has 0 aliphatic carbocycles. The summed E-state index contributed by atoms with van der Waals surface area (Å²) in [5.74, 6) is 5.84. The van der Waals surface area contributed by atoms with E-state index in [1.54, 1.807) is 19.1 Å². The molecule has 2 aromatic carbocycles. The molecule has 0 saturated heterocycles. The van der Waals surface area contributed by atoms with Gasteiger partial charge in [0.15, 0.2) is 5.82 Å². The van der Waals surface area contributed by atoms with Gasteiger partial charge in [0.2, 0.25) is 11.1 Å². The van der Waals surface area contributed by atoms with Gasteiger partial charge in [-0.1, -0.05) is 68.9 Å². The Hall–Kier alpha value is -2.87. The fraction of sp³-hybridized carbons (Fsp3) is 0.286. The Morgan fingerprint density at radius 1 is 1.14 bits per heavy atom. The van der Waals surface area contributed by atoms with Crippen molar-refractivity contribution in [3.8, 4) is 11.4 Å². The molecule has 1 amide bonds. The molecule has 3 aromatic rings. The first kappa shape index (κ1) is 20.9. The number of halogens is 1. The summed E-state index contributed by atoms with van der Waals surface area (Å²) >= 11 is 1.16. The van der Waals surface area contributed by atoms with Crippen LogP contribution in [-0.4, -0.2) is 26.0 Å². The summed E-state index contributed by atoms with van der Waals surface area (Å²) in [6, 6.07) is 14.0. The van der Waals surface area contributed by atoms with Crippen LogP contribution in [0.3, 0.4) is 0 Å². The van der Waals surface area contributed by atoms with Crippen molar-refractivity contribution in [1.29, 1.82) is 0 Å². The predicted octanol–water partition coefficient (Wildman–Crippen LogP) is 4.21. The monoisotopic (exact) mass is 413 g/mol. The van der Waals surface area contributed by atoms with Crippen molar-refractivity contribution < 1.29 is 9.18 Å². The summed E-state index contributed by atoms with van der Waals surface area (Å²) in [6.45, 7) is 8.15. The van der Waals surface area contributed by atoms with Crippen molar-refractivity contribution in [2.45, 2.75) is 43.5 Å². The molecule has 6 nitrogen and oxygen atoms in total. The smallest absolute Gasteiger partial charge is 0.237 e. The number of benzene rings is 2. The Balaban J connectivity index is 1.72. The molecular formula is C21H24FN5OS. The van der Waals surface area contributed by atoms with Crippen molar-refractivity contribution in [1.82, 2.24) is 14.9 Å². The van der Waals surface area contributed by atoms with Crippen molar-refractivity contribution in [2.75, 3.05) is 11.2 Å². The summed E-state index contributed by atoms with van der Waals surface area (Å²) in [5, 5.41) is 10.7. The molecule has 0 saturated carbocycles. The van der Waals surface area contributed by atoms with Gasteiger partial charge in [-0.3, -0.25) is 4.79 Å². The molecule has 0 bridgehead atoms. The molecule has 29 heavy (non-hydrogen) atoms. The summed E-state index contributed by atoms with van der Waals surface area (Å²) in [4.78, 5) is 12.4. The van der Waals surface area contributed by atoms with Crippen LogP contribution in [0.15, 0.2) is 53.7 Å². The highest BCUT2D eigenvalue weighted by Crippen LogP contribution is 2.28. The minimum absolute atomic E-state index is 0.0525. The predicted molar refractivity (Wildman–Crippen MR) is 115 cm³/mol. The molecule has 8 heteroatoms. The van der Waals surface area contributed by atoms with Gasteiger partial charge in [-0.2, -0.15) is 0 Å². The van der Waals surface area contributed by atoms with Gasteiger partial charge in [0.05, 0.1) is 10.9 Å². The fourth-order valence-corrected chi connectivity index (χ4v) is 3.45. The van der Waals surface area contributed by atoms with E-state index in [4.69, 9.17) is 5.84 Å². The first-order chi connectivity index (χ1) is 13.7. The molecule has 0 spiro atoms. The summed E-state index contributed by atoms with van der Waals surface area (Å²) in [5.41, 5.74) is 2.23. The van der Waals surface area contributed by atoms with Gasteiger partial charge in [0.25, 0.3) is 0 Å². The van der Waals surface area contributed by atoms with Crippen LogP contribution in [0, 0.1) is 5.82 Å². The molecule has 0 unspecified atom stereocenters. The SMILES string of the molecule is C[C@H](Sc1nnc(-c2ccc(C(C)(C)C)cc2)n1N)C(=O)Nc1ccccc1F. The maximum Gasteiger partial charge on any atom is 0.237 e. The number of rotatable bonds is 5. The number of para-hydroxylation sites is 1. The second kappa shape index (κ2) is 8.24. The molecule has 3 rings (SSSR count). The lowest BCUT2D eigenvalue weighted by Gasteiger charge is -2.19. The van der Waals surface area contributed by atoms with Crippen LogP contribution in [0.1, 0.15) is 33.3 Å². The van der Waals surface area contributed by atoms with Crippen LogP contribution in [0.25, 0.3) is 11.4 Å². The molecule has 1 atom stereocenters. The van der Waals surface area contributed by atoms with E-state index in [0.717, 1.165) is 17.3 Å². The molecule has 0 fully saturated rings. The van der Waals surface area contributed by atoms with Gasteiger partial charge in [0, 0.05) is 5.56 Å². The molecule has 1 aromatic heterocycles. The third kappa shape index (κ3) is 4.76. The number of carbonyl (C=O) groups is 1. The van der Waals surface area contributed by atoms with Gasteiger partial charge < -0.3 is 11.2 Å². The van der Waals surface area contributed by atoms with Crippen molar-refractivity contribution in [2.24, 2.45) is 0 Å². The number of amides is 1. The Kier molecular flexibility index (Phi) is 5.93. The third-order valence-corrected chi connectivity index (χ3v) is 5.51. The maximum atomic E-state index is 13.7. The minimum Gasteiger partial charge on any atom is -0.335 e. The summed E-state index contributed by atoms with van der Waals surface area (Å²) < 4.78 is 15.1. The number of nitrogens with one attached hydrogen (secondary N) is 1. The summed E-state index contributed by atoms with van der Waals surface area (Å²) in [6.07, 6.45) is 0. The number of nitrogens with two attached hydrogens (primary N) is 1. The van der Waals surface area contributed by atoms with Crippen molar-refractivity contribution in [3.63, 3.8) is 0 Å². The van der Waals surface area contributed by atoms with Crippen LogP contribution in [0.5, 0.6) is 0 Å². The van der Waals surface area contributed by atoms with E-state index in [1.807, 2.05) is 24.3 Å². The Morgan fingerprint density at radius 2 is 1.79 bits per heavy atom. The zero-order chi connectivity index (χ0) is 21.2. The van der Waals surface area contributed by atoms with E-state index >= 15 is 0 Å². The van der Waals surface area contributed by atoms with Gasteiger partial charge in [-0.25, -0.2) is 9.07 Å². The molecular weight excluding hydrogens is 389 g/mol. The quantitative estimate of drug-likeness (QED) is 0.483. The topological polar surface area (TPSA) is 85.8 Å². The largest absolute Gasteiger partial charge is 0.335 e. The average molecular weight is 414 g/mol. The van der Waals surface area contributed by atoms with E-state index in [0.29, 0.717) is 11.0 Å². The highest BCUT2D eigenvalue weighted by Gasteiger charge is 2.21. The van der Waals surface area contributed by atoms with Crippen LogP contribution >= 0.6 is 11.8 Å². The number of anilines is 1. The van der Waals surface area contributed by atoms with Crippen LogP contribution in [0.2, 0.25) is 0 Å². The average Bonchev–Trinajstić information content (AvgIpc) is 3.03. The maximum absolute atomic E-state index is 13.7. The molecule has 3 N–H and O–H groups in total. The number of aromatic nitrogens is 3. The van der Waals surface area contributed by atoms with Gasteiger partial charge >= 0.3 is 0 Å². The lowest BCUT2D eigenvalue weighted by Crippen LogP contribution is -2.24. The summed E-state index contributed by atoms with van der Waals surface area (Å²) in [7, 11) is 0. The molecule has 1 heterocycles. The van der Waals surface area contributed by atoms with Crippen molar-refractivity contribution in [3.05, 3.63) is 59.9 Å². The Morgan fingerprint density at radius 3 is 2.41 bits per heavy atom. The zero-order valence-electron chi connectivity index (χ0n) is 16.8. The number of nitrogens with zero attached hydrogens (tertiary/aromatic N) is 3. The van der Waals surface area contributed by atoms with Crippen LogP contribution in [-0.2, 0) is 10.2 Å².